The van der Waals surface area contributed by atoms with Crippen LogP contribution in [0.4, 0.5) is 5.69 Å². The summed E-state index contributed by atoms with van der Waals surface area (Å²) in [6, 6.07) is 8.41. The van der Waals surface area contributed by atoms with Crippen molar-refractivity contribution < 1.29 is 14.3 Å². The van der Waals surface area contributed by atoms with Crippen LogP contribution in [0.1, 0.15) is 78.2 Å². The zero-order chi connectivity index (χ0) is 25.5. The number of carbonyl (C=O) groups is 2. The molecular formula is C30H39N3O3. The first-order chi connectivity index (χ1) is 17.1. The molecule has 192 valence electrons. The van der Waals surface area contributed by atoms with Crippen LogP contribution in [0.15, 0.2) is 46.3 Å². The summed E-state index contributed by atoms with van der Waals surface area (Å²) in [6.45, 7) is 10.1. The van der Waals surface area contributed by atoms with Crippen LogP contribution in [0.3, 0.4) is 0 Å². The highest BCUT2D eigenvalue weighted by atomic mass is 16.5. The quantitative estimate of drug-likeness (QED) is 0.365. The highest BCUT2D eigenvalue weighted by Crippen LogP contribution is 2.69. The van der Waals surface area contributed by atoms with E-state index in [0.717, 1.165) is 50.6 Å². The Morgan fingerprint density at radius 3 is 2.50 bits per heavy atom. The number of hydrogen-bond donors (Lipinski definition) is 0. The summed E-state index contributed by atoms with van der Waals surface area (Å²) in [5, 5.41) is 11.6. The van der Waals surface area contributed by atoms with Crippen molar-refractivity contribution >= 4 is 17.4 Å². The Hall–Kier alpha value is -2.50. The van der Waals surface area contributed by atoms with Gasteiger partial charge in [0.2, 0.25) is 0 Å². The first kappa shape index (κ1) is 23.9. The van der Waals surface area contributed by atoms with E-state index in [0.29, 0.717) is 17.8 Å². The van der Waals surface area contributed by atoms with Crippen molar-refractivity contribution in [2.45, 2.75) is 97.2 Å². The topological polar surface area (TPSA) is 71.3 Å². The Morgan fingerprint density at radius 1 is 1.06 bits per heavy atom. The molecule has 3 saturated carbocycles. The van der Waals surface area contributed by atoms with Gasteiger partial charge in [-0.2, -0.15) is 5.11 Å². The van der Waals surface area contributed by atoms with E-state index in [2.05, 4.69) is 61.3 Å². The molecule has 0 saturated heterocycles. The average Bonchev–Trinajstić information content (AvgIpc) is 3.34. The van der Waals surface area contributed by atoms with Crippen molar-refractivity contribution in [1.82, 2.24) is 0 Å². The molecule has 1 heterocycles. The van der Waals surface area contributed by atoms with Crippen LogP contribution < -0.4 is 5.01 Å². The Bertz CT molecular complexity index is 1160. The molecule has 0 radical (unpaired) electrons. The predicted octanol–water partition coefficient (Wildman–Crippen LogP) is 6.38. The van der Waals surface area contributed by atoms with Crippen molar-refractivity contribution in [2.24, 2.45) is 38.9 Å². The number of ether oxygens (including phenoxy) is 1. The maximum atomic E-state index is 13.5. The Balaban J connectivity index is 1.34. The fourth-order valence-corrected chi connectivity index (χ4v) is 9.26. The summed E-state index contributed by atoms with van der Waals surface area (Å²) in [4.78, 5) is 25.1. The van der Waals surface area contributed by atoms with E-state index >= 15 is 0 Å². The monoisotopic (exact) mass is 489 g/mol. The lowest BCUT2D eigenvalue weighted by atomic mass is 9.46. The Labute approximate surface area is 214 Å². The maximum absolute atomic E-state index is 13.5. The summed E-state index contributed by atoms with van der Waals surface area (Å²) < 4.78 is 5.61. The van der Waals surface area contributed by atoms with Crippen LogP contribution in [0.25, 0.3) is 0 Å². The van der Waals surface area contributed by atoms with Crippen LogP contribution in [0.2, 0.25) is 0 Å². The molecule has 6 nitrogen and oxygen atoms in total. The molecule has 36 heavy (non-hydrogen) atoms. The zero-order valence-electron chi connectivity index (χ0n) is 22.3. The number of carbonyl (C=O) groups excluding carboxylic acids is 2. The summed E-state index contributed by atoms with van der Waals surface area (Å²) >= 11 is 0. The molecule has 0 spiro atoms. The van der Waals surface area contributed by atoms with Gasteiger partial charge in [-0.25, -0.2) is 5.01 Å². The van der Waals surface area contributed by atoms with Gasteiger partial charge in [0.25, 0.3) is 0 Å². The number of rotatable bonds is 3. The maximum Gasteiger partial charge on any atom is 0.302 e. The largest absolute Gasteiger partial charge is 0.462 e. The smallest absolute Gasteiger partial charge is 0.302 e. The van der Waals surface area contributed by atoms with Gasteiger partial charge in [0.15, 0.2) is 11.3 Å². The summed E-state index contributed by atoms with van der Waals surface area (Å²) in [7, 11) is 0. The van der Waals surface area contributed by atoms with Crippen LogP contribution in [0.5, 0.6) is 0 Å². The van der Waals surface area contributed by atoms with E-state index in [-0.39, 0.29) is 34.7 Å². The molecule has 1 aliphatic heterocycles. The SMILES string of the molecule is CC(=O)O[C@H]1CC[C@@]2(C)C(=CC[C@@H]3[C@H]2CC[C@@]2(C)[C@@H]3C[C@H]3N(c4ccc(C)cc4)N=N[C@]32C(C)=O)C1. The van der Waals surface area contributed by atoms with E-state index in [1.54, 1.807) is 6.92 Å². The number of nitrogens with zero attached hydrogens (tertiary/aromatic N) is 3. The fourth-order valence-electron chi connectivity index (χ4n) is 9.26. The summed E-state index contributed by atoms with van der Waals surface area (Å²) in [5.74, 6) is 1.55. The van der Waals surface area contributed by atoms with E-state index in [4.69, 9.17) is 9.85 Å². The number of benzene rings is 1. The molecule has 0 unspecified atom stereocenters. The van der Waals surface area contributed by atoms with Gasteiger partial charge in [0, 0.05) is 18.8 Å². The molecule has 0 aromatic heterocycles. The van der Waals surface area contributed by atoms with Gasteiger partial charge in [0.1, 0.15) is 6.10 Å². The van der Waals surface area contributed by atoms with Crippen molar-refractivity contribution in [1.29, 1.82) is 0 Å². The van der Waals surface area contributed by atoms with Crippen LogP contribution in [-0.2, 0) is 14.3 Å². The van der Waals surface area contributed by atoms with E-state index in [9.17, 15) is 9.59 Å². The second-order valence-electron chi connectivity index (χ2n) is 12.6. The molecule has 1 aromatic carbocycles. The minimum absolute atomic E-state index is 0.0162. The molecule has 4 aliphatic carbocycles. The summed E-state index contributed by atoms with van der Waals surface area (Å²) in [5.41, 5.74) is 2.92. The zero-order valence-corrected chi connectivity index (χ0v) is 22.3. The van der Waals surface area contributed by atoms with E-state index < -0.39 is 5.54 Å². The molecule has 8 atom stereocenters. The van der Waals surface area contributed by atoms with Crippen molar-refractivity contribution in [3.8, 4) is 0 Å². The summed E-state index contributed by atoms with van der Waals surface area (Å²) in [6.07, 6.45) is 9.48. The molecule has 3 fully saturated rings. The third-order valence-electron chi connectivity index (χ3n) is 11.0. The molecule has 5 aliphatic rings. The van der Waals surface area contributed by atoms with Gasteiger partial charge < -0.3 is 4.74 Å². The van der Waals surface area contributed by atoms with Gasteiger partial charge in [-0.15, -0.1) is 0 Å². The second-order valence-corrected chi connectivity index (χ2v) is 12.6. The van der Waals surface area contributed by atoms with Gasteiger partial charge in [-0.3, -0.25) is 9.59 Å². The van der Waals surface area contributed by atoms with Crippen molar-refractivity contribution in [3.63, 3.8) is 0 Å². The molecule has 6 rings (SSSR count). The molecule has 0 bridgehead atoms. The Morgan fingerprint density at radius 2 is 1.81 bits per heavy atom. The van der Waals surface area contributed by atoms with Gasteiger partial charge >= 0.3 is 5.97 Å². The number of ketones is 1. The Kier molecular flexibility index (Phi) is 5.30. The molecular weight excluding hydrogens is 450 g/mol. The third-order valence-corrected chi connectivity index (χ3v) is 11.0. The van der Waals surface area contributed by atoms with E-state index in [1.165, 1.54) is 18.1 Å². The molecule has 1 aromatic rings. The van der Waals surface area contributed by atoms with Crippen LogP contribution >= 0.6 is 0 Å². The second kappa shape index (κ2) is 8.00. The predicted molar refractivity (Wildman–Crippen MR) is 138 cm³/mol. The number of anilines is 1. The van der Waals surface area contributed by atoms with Gasteiger partial charge in [0.05, 0.1) is 11.7 Å². The average molecular weight is 490 g/mol. The third kappa shape index (κ3) is 3.08. The number of hydrogen-bond acceptors (Lipinski definition) is 6. The van der Waals surface area contributed by atoms with Gasteiger partial charge in [-0.05, 0) is 87.7 Å². The highest BCUT2D eigenvalue weighted by Gasteiger charge is 2.73. The van der Waals surface area contributed by atoms with Gasteiger partial charge in [-0.1, -0.05) is 48.4 Å². The van der Waals surface area contributed by atoms with Crippen LogP contribution in [-0.4, -0.2) is 29.4 Å². The minimum Gasteiger partial charge on any atom is -0.462 e. The number of allylic oxidation sites excluding steroid dienone is 1. The molecule has 0 N–H and O–H groups in total. The van der Waals surface area contributed by atoms with Crippen LogP contribution in [0, 0.1) is 35.5 Å². The highest BCUT2D eigenvalue weighted by molar-refractivity contribution is 5.90. The molecule has 0 amide bonds. The lowest BCUT2D eigenvalue weighted by molar-refractivity contribution is -0.149. The van der Waals surface area contributed by atoms with Crippen molar-refractivity contribution in [2.75, 3.05) is 5.01 Å². The van der Waals surface area contributed by atoms with Crippen molar-refractivity contribution in [3.05, 3.63) is 41.5 Å². The standard InChI is InChI=1S/C30H39N3O3/c1-18-6-9-22(10-7-18)33-27-17-26-24-11-8-21-16-23(36-20(3)35)12-14-28(21,4)25(24)13-15-29(26,5)30(27,19(2)34)31-32-33/h6-10,23-27H,11-17H2,1-5H3/t23-,24+,25+,26+,27+,28-,29-,30+/m0/s1. The number of Topliss-reactive ketones (excluding diaryl/α,β-unsaturated/α-hetero) is 1. The lowest BCUT2D eigenvalue weighted by Gasteiger charge is -2.58. The normalized spacial score (nSPS) is 42.6. The number of esters is 1. The minimum atomic E-state index is -0.772. The lowest BCUT2D eigenvalue weighted by Crippen LogP contribution is -2.59. The van der Waals surface area contributed by atoms with E-state index in [1.807, 2.05) is 0 Å². The first-order valence-corrected chi connectivity index (χ1v) is 13.8. The number of fused-ring (bicyclic) bond motifs is 7. The fraction of sp³-hybridized carbons (Fsp3) is 0.667. The number of aryl methyl sites for hydroxylation is 1. The molecule has 6 heteroatoms. The first-order valence-electron chi connectivity index (χ1n) is 13.8.